The highest BCUT2D eigenvalue weighted by atomic mass is 19.1. The molecule has 0 bridgehead atoms. The highest BCUT2D eigenvalue weighted by Crippen LogP contribution is 2.31. The van der Waals surface area contributed by atoms with Gasteiger partial charge in [-0.05, 0) is 50.6 Å². The van der Waals surface area contributed by atoms with Gasteiger partial charge in [0.25, 0.3) is 0 Å². The number of halogens is 1. The smallest absolute Gasteiger partial charge is 0.169 e. The van der Waals surface area contributed by atoms with Crippen LogP contribution in [0.1, 0.15) is 50.5 Å². The normalized spacial score (nSPS) is 16.2. The molecular weight excluding hydrogens is 367 g/mol. The SMILES string of the molecule is CCCC(C)c1nc(N2CCCNCC2)c2c(C)nn(-c3ccc(F)cc3)c2n1. The van der Waals surface area contributed by atoms with E-state index in [2.05, 4.69) is 24.1 Å². The Labute approximate surface area is 171 Å². The molecule has 0 spiro atoms. The molecule has 1 aliphatic heterocycles. The Balaban J connectivity index is 1.91. The number of nitrogens with one attached hydrogen (secondary N) is 1. The molecule has 0 aliphatic carbocycles. The van der Waals surface area contributed by atoms with E-state index in [1.54, 1.807) is 12.1 Å². The molecule has 154 valence electrons. The van der Waals surface area contributed by atoms with Gasteiger partial charge in [0.05, 0.1) is 16.8 Å². The first-order valence-electron chi connectivity index (χ1n) is 10.6. The number of hydrogen-bond acceptors (Lipinski definition) is 5. The van der Waals surface area contributed by atoms with E-state index < -0.39 is 0 Å². The van der Waals surface area contributed by atoms with E-state index in [-0.39, 0.29) is 11.7 Å². The minimum atomic E-state index is -0.258. The summed E-state index contributed by atoms with van der Waals surface area (Å²) in [5.41, 5.74) is 2.50. The fourth-order valence-corrected chi connectivity index (χ4v) is 4.01. The predicted molar refractivity (Wildman–Crippen MR) is 114 cm³/mol. The van der Waals surface area contributed by atoms with Gasteiger partial charge in [-0.3, -0.25) is 0 Å². The predicted octanol–water partition coefficient (Wildman–Crippen LogP) is 3.97. The highest BCUT2D eigenvalue weighted by molar-refractivity contribution is 5.91. The molecular formula is C22H29FN6. The molecule has 0 radical (unpaired) electrons. The Morgan fingerprint density at radius 1 is 1.14 bits per heavy atom. The molecule has 1 N–H and O–H groups in total. The van der Waals surface area contributed by atoms with Crippen LogP contribution in [0.25, 0.3) is 16.7 Å². The molecule has 1 aromatic carbocycles. The molecule has 3 aromatic rings. The van der Waals surface area contributed by atoms with Gasteiger partial charge in [0.1, 0.15) is 17.5 Å². The molecule has 1 saturated heterocycles. The summed E-state index contributed by atoms with van der Waals surface area (Å²) in [5.74, 6) is 1.84. The van der Waals surface area contributed by atoms with Crippen molar-refractivity contribution in [2.45, 2.75) is 46.0 Å². The van der Waals surface area contributed by atoms with Crippen molar-refractivity contribution in [3.63, 3.8) is 0 Å². The minimum absolute atomic E-state index is 0.258. The molecule has 4 rings (SSSR count). The molecule has 0 amide bonds. The first kappa shape index (κ1) is 19.8. The summed E-state index contributed by atoms with van der Waals surface area (Å²) in [4.78, 5) is 12.3. The summed E-state index contributed by atoms with van der Waals surface area (Å²) in [6.07, 6.45) is 3.20. The molecule has 7 heteroatoms. The molecule has 1 fully saturated rings. The fraction of sp³-hybridized carbons (Fsp3) is 0.500. The number of fused-ring (bicyclic) bond motifs is 1. The van der Waals surface area contributed by atoms with Gasteiger partial charge >= 0.3 is 0 Å². The van der Waals surface area contributed by atoms with E-state index in [0.29, 0.717) is 0 Å². The number of aromatic nitrogens is 4. The molecule has 0 saturated carbocycles. The zero-order valence-corrected chi connectivity index (χ0v) is 17.5. The second-order valence-corrected chi connectivity index (χ2v) is 7.86. The van der Waals surface area contributed by atoms with Crippen molar-refractivity contribution < 1.29 is 4.39 Å². The zero-order chi connectivity index (χ0) is 20.4. The maximum atomic E-state index is 13.5. The first-order valence-corrected chi connectivity index (χ1v) is 10.6. The van der Waals surface area contributed by atoms with Crippen molar-refractivity contribution in [2.24, 2.45) is 0 Å². The lowest BCUT2D eigenvalue weighted by molar-refractivity contribution is 0.625. The molecule has 3 heterocycles. The topological polar surface area (TPSA) is 58.9 Å². The van der Waals surface area contributed by atoms with Crippen molar-refractivity contribution in [3.05, 3.63) is 41.6 Å². The maximum absolute atomic E-state index is 13.5. The van der Waals surface area contributed by atoms with Gasteiger partial charge in [0.15, 0.2) is 5.65 Å². The van der Waals surface area contributed by atoms with E-state index in [1.807, 2.05) is 11.6 Å². The van der Waals surface area contributed by atoms with Crippen molar-refractivity contribution in [1.82, 2.24) is 25.1 Å². The minimum Gasteiger partial charge on any atom is -0.355 e. The van der Waals surface area contributed by atoms with Gasteiger partial charge < -0.3 is 10.2 Å². The van der Waals surface area contributed by atoms with Crippen molar-refractivity contribution >= 4 is 16.9 Å². The summed E-state index contributed by atoms with van der Waals surface area (Å²) in [6.45, 7) is 10.2. The van der Waals surface area contributed by atoms with E-state index in [9.17, 15) is 4.39 Å². The molecule has 1 atom stereocenters. The third-order valence-electron chi connectivity index (χ3n) is 5.57. The molecule has 2 aromatic heterocycles. The fourth-order valence-electron chi connectivity index (χ4n) is 4.01. The third kappa shape index (κ3) is 3.96. The van der Waals surface area contributed by atoms with Crippen LogP contribution in [0.3, 0.4) is 0 Å². The van der Waals surface area contributed by atoms with Crippen LogP contribution in [-0.2, 0) is 0 Å². The number of rotatable bonds is 5. The number of hydrogen-bond donors (Lipinski definition) is 1. The monoisotopic (exact) mass is 396 g/mol. The molecule has 1 aliphatic rings. The van der Waals surface area contributed by atoms with Crippen LogP contribution in [0.4, 0.5) is 10.2 Å². The second kappa shape index (κ2) is 8.45. The second-order valence-electron chi connectivity index (χ2n) is 7.86. The Morgan fingerprint density at radius 3 is 2.69 bits per heavy atom. The summed E-state index contributed by atoms with van der Waals surface area (Å²) in [6, 6.07) is 6.41. The van der Waals surface area contributed by atoms with E-state index in [1.165, 1.54) is 12.1 Å². The lowest BCUT2D eigenvalue weighted by Crippen LogP contribution is -2.29. The average molecular weight is 397 g/mol. The van der Waals surface area contributed by atoms with Crippen molar-refractivity contribution in [3.8, 4) is 5.69 Å². The highest BCUT2D eigenvalue weighted by Gasteiger charge is 2.23. The summed E-state index contributed by atoms with van der Waals surface area (Å²) >= 11 is 0. The Morgan fingerprint density at radius 2 is 1.93 bits per heavy atom. The third-order valence-corrected chi connectivity index (χ3v) is 5.57. The summed E-state index contributed by atoms with van der Waals surface area (Å²) in [5, 5.41) is 9.22. The van der Waals surface area contributed by atoms with Gasteiger partial charge in [0, 0.05) is 25.6 Å². The average Bonchev–Trinajstić information content (AvgIpc) is 2.89. The van der Waals surface area contributed by atoms with Crippen molar-refractivity contribution in [1.29, 1.82) is 0 Å². The lowest BCUT2D eigenvalue weighted by Gasteiger charge is -2.23. The number of nitrogens with zero attached hydrogens (tertiary/aromatic N) is 5. The van der Waals surface area contributed by atoms with Crippen molar-refractivity contribution in [2.75, 3.05) is 31.1 Å². The lowest BCUT2D eigenvalue weighted by atomic mass is 10.1. The molecule has 6 nitrogen and oxygen atoms in total. The standard InChI is InChI=1S/C22H29FN6/c1-4-6-15(2)20-25-21(28-13-5-11-24-12-14-28)19-16(3)27-29(22(19)26-20)18-9-7-17(23)8-10-18/h7-10,15,24H,4-6,11-14H2,1-3H3. The van der Waals surface area contributed by atoms with Crippen LogP contribution in [-0.4, -0.2) is 45.9 Å². The summed E-state index contributed by atoms with van der Waals surface area (Å²) < 4.78 is 15.3. The van der Waals surface area contributed by atoms with Crippen LogP contribution >= 0.6 is 0 Å². The van der Waals surface area contributed by atoms with Gasteiger partial charge in [-0.15, -0.1) is 0 Å². The van der Waals surface area contributed by atoms with Gasteiger partial charge in [-0.2, -0.15) is 5.10 Å². The quantitative estimate of drug-likeness (QED) is 0.707. The van der Waals surface area contributed by atoms with Crippen LogP contribution in [0.15, 0.2) is 24.3 Å². The summed E-state index contributed by atoms with van der Waals surface area (Å²) in [7, 11) is 0. The van der Waals surface area contributed by atoms with Gasteiger partial charge in [0.2, 0.25) is 0 Å². The number of benzene rings is 1. The van der Waals surface area contributed by atoms with E-state index in [4.69, 9.17) is 15.1 Å². The number of anilines is 1. The van der Waals surface area contributed by atoms with Crippen LogP contribution in [0.5, 0.6) is 0 Å². The van der Waals surface area contributed by atoms with Crippen LogP contribution in [0.2, 0.25) is 0 Å². The van der Waals surface area contributed by atoms with E-state index in [0.717, 1.165) is 79.5 Å². The maximum Gasteiger partial charge on any atom is 0.169 e. The Kier molecular flexibility index (Phi) is 5.76. The zero-order valence-electron chi connectivity index (χ0n) is 17.5. The molecule has 29 heavy (non-hydrogen) atoms. The Hall–Kier alpha value is -2.54. The van der Waals surface area contributed by atoms with Crippen LogP contribution in [0, 0.1) is 12.7 Å². The number of aryl methyl sites for hydroxylation is 1. The van der Waals surface area contributed by atoms with Gasteiger partial charge in [-0.25, -0.2) is 19.0 Å². The van der Waals surface area contributed by atoms with Crippen LogP contribution < -0.4 is 10.2 Å². The largest absolute Gasteiger partial charge is 0.355 e. The van der Waals surface area contributed by atoms with Gasteiger partial charge in [-0.1, -0.05) is 20.3 Å². The Bertz CT molecular complexity index is 973. The van der Waals surface area contributed by atoms with E-state index >= 15 is 0 Å². The molecule has 1 unspecified atom stereocenters. The first-order chi connectivity index (χ1) is 14.1.